The molecule has 114 valence electrons. The van der Waals surface area contributed by atoms with Gasteiger partial charge < -0.3 is 19.5 Å². The molecule has 0 spiro atoms. The predicted molar refractivity (Wildman–Crippen MR) is 70.9 cm³/mol. The van der Waals surface area contributed by atoms with Gasteiger partial charge in [0.05, 0.1) is 17.0 Å². The molecule has 2 aliphatic rings. The van der Waals surface area contributed by atoms with Crippen LogP contribution in [0.15, 0.2) is 24.0 Å². The van der Waals surface area contributed by atoms with Crippen LogP contribution in [-0.2, 0) is 14.3 Å². The number of nitro groups is 1. The molecule has 1 amide bonds. The van der Waals surface area contributed by atoms with Crippen LogP contribution in [-0.4, -0.2) is 52.5 Å². The highest BCUT2D eigenvalue weighted by molar-refractivity contribution is 5.85. The Morgan fingerprint density at radius 3 is 2.95 bits per heavy atom. The summed E-state index contributed by atoms with van der Waals surface area (Å²) in [6, 6.07) is -0.563. The lowest BCUT2D eigenvalue weighted by Crippen LogP contribution is -2.54. The molecule has 1 aliphatic carbocycles. The molecular weight excluding hydrogens is 280 g/mol. The van der Waals surface area contributed by atoms with Crippen LogP contribution in [0.2, 0.25) is 0 Å². The smallest absolute Gasteiger partial charge is 0.363 e. The van der Waals surface area contributed by atoms with Gasteiger partial charge in [-0.15, -0.1) is 0 Å². The van der Waals surface area contributed by atoms with Crippen LogP contribution in [0.4, 0.5) is 0 Å². The maximum absolute atomic E-state index is 12.6. The highest BCUT2D eigenvalue weighted by Crippen LogP contribution is 2.33. The second-order valence-electron chi connectivity index (χ2n) is 5.00. The number of carbonyl (C=O) groups excluding carboxylic acids is 2. The minimum atomic E-state index is -2.16. The lowest BCUT2D eigenvalue weighted by atomic mass is 9.89. The molecule has 0 bridgehead atoms. The summed E-state index contributed by atoms with van der Waals surface area (Å²) in [6.45, 7) is 0.375. The summed E-state index contributed by atoms with van der Waals surface area (Å²) in [7, 11) is 1.10. The number of allylic oxidation sites excluding steroid dienone is 1. The summed E-state index contributed by atoms with van der Waals surface area (Å²) in [5.41, 5.74) is -2.16. The van der Waals surface area contributed by atoms with Gasteiger partial charge in [0.25, 0.3) is 0 Å². The van der Waals surface area contributed by atoms with Crippen LogP contribution >= 0.6 is 0 Å². The maximum atomic E-state index is 12.6. The Morgan fingerprint density at radius 1 is 1.67 bits per heavy atom. The van der Waals surface area contributed by atoms with Gasteiger partial charge in [-0.1, -0.05) is 6.08 Å². The van der Waals surface area contributed by atoms with Crippen molar-refractivity contribution in [2.75, 3.05) is 13.7 Å². The minimum Gasteiger partial charge on any atom is -0.508 e. The third kappa shape index (κ3) is 2.42. The number of hydrogen-bond acceptors (Lipinski definition) is 6. The molecule has 8 heteroatoms. The van der Waals surface area contributed by atoms with E-state index >= 15 is 0 Å². The van der Waals surface area contributed by atoms with E-state index in [2.05, 4.69) is 0 Å². The van der Waals surface area contributed by atoms with E-state index in [1.807, 2.05) is 0 Å². The van der Waals surface area contributed by atoms with Gasteiger partial charge in [-0.3, -0.25) is 14.9 Å². The Hall–Kier alpha value is -2.22. The number of carbonyl (C=O) groups is 2. The SMILES string of the molecule is COC1([N+](=O)[O-])C=C(O)C=CC1C(=O)N1CCC[C@H]1C=O. The monoisotopic (exact) mass is 296 g/mol. The Morgan fingerprint density at radius 2 is 2.38 bits per heavy atom. The molecule has 0 aromatic carbocycles. The van der Waals surface area contributed by atoms with Crippen LogP contribution in [0, 0.1) is 16.0 Å². The molecule has 8 nitrogen and oxygen atoms in total. The second kappa shape index (κ2) is 5.65. The van der Waals surface area contributed by atoms with E-state index in [-0.39, 0.29) is 5.76 Å². The largest absolute Gasteiger partial charge is 0.508 e. The molecule has 2 rings (SSSR count). The van der Waals surface area contributed by atoms with Crippen molar-refractivity contribution in [1.82, 2.24) is 4.90 Å². The molecule has 1 N–H and O–H groups in total. The van der Waals surface area contributed by atoms with Gasteiger partial charge in [0.2, 0.25) is 5.91 Å². The first kappa shape index (κ1) is 15.2. The normalized spacial score (nSPS) is 31.9. The molecule has 21 heavy (non-hydrogen) atoms. The van der Waals surface area contributed by atoms with E-state index in [9.17, 15) is 24.8 Å². The summed E-state index contributed by atoms with van der Waals surface area (Å²) in [5, 5.41) is 20.9. The number of methoxy groups -OCH3 is 1. The molecule has 0 aromatic rings. The quantitative estimate of drug-likeness (QED) is 0.348. The summed E-state index contributed by atoms with van der Waals surface area (Å²) in [5.74, 6) is -2.12. The predicted octanol–water partition coefficient (Wildman–Crippen LogP) is 0.424. The van der Waals surface area contributed by atoms with Crippen molar-refractivity contribution >= 4 is 12.2 Å². The fourth-order valence-corrected chi connectivity index (χ4v) is 2.75. The number of aliphatic hydroxyl groups excluding tert-OH is 1. The van der Waals surface area contributed by atoms with Crippen molar-refractivity contribution in [2.24, 2.45) is 5.92 Å². The number of nitrogens with zero attached hydrogens (tertiary/aromatic N) is 2. The topological polar surface area (TPSA) is 110 Å². The van der Waals surface area contributed by atoms with E-state index in [4.69, 9.17) is 4.74 Å². The zero-order valence-corrected chi connectivity index (χ0v) is 11.5. The van der Waals surface area contributed by atoms with Gasteiger partial charge in [-0.05, 0) is 18.9 Å². The van der Waals surface area contributed by atoms with Crippen molar-refractivity contribution in [1.29, 1.82) is 0 Å². The number of hydrogen-bond donors (Lipinski definition) is 1. The van der Waals surface area contributed by atoms with Crippen LogP contribution in [0.5, 0.6) is 0 Å². The zero-order valence-electron chi connectivity index (χ0n) is 11.5. The van der Waals surface area contributed by atoms with Gasteiger partial charge in [-0.25, -0.2) is 0 Å². The number of rotatable bonds is 4. The molecule has 1 aliphatic heterocycles. The van der Waals surface area contributed by atoms with Crippen molar-refractivity contribution in [3.8, 4) is 0 Å². The molecule has 2 unspecified atom stereocenters. The molecule has 0 aromatic heterocycles. The number of aliphatic hydroxyl groups is 1. The van der Waals surface area contributed by atoms with Gasteiger partial charge in [0.15, 0.2) is 5.92 Å². The summed E-state index contributed by atoms with van der Waals surface area (Å²) >= 11 is 0. The first-order valence-electron chi connectivity index (χ1n) is 6.51. The average molecular weight is 296 g/mol. The van der Waals surface area contributed by atoms with Crippen molar-refractivity contribution in [3.05, 3.63) is 34.1 Å². The van der Waals surface area contributed by atoms with Crippen LogP contribution < -0.4 is 0 Å². The summed E-state index contributed by atoms with van der Waals surface area (Å²) in [6.07, 6.45) is 5.25. The van der Waals surface area contributed by atoms with E-state index < -0.39 is 28.5 Å². The Labute approximate surface area is 120 Å². The molecule has 1 heterocycles. The Kier molecular flexibility index (Phi) is 4.08. The summed E-state index contributed by atoms with van der Waals surface area (Å²) < 4.78 is 4.95. The van der Waals surface area contributed by atoms with Crippen LogP contribution in [0.25, 0.3) is 0 Å². The second-order valence-corrected chi connectivity index (χ2v) is 5.00. The van der Waals surface area contributed by atoms with Crippen LogP contribution in [0.1, 0.15) is 12.8 Å². The highest BCUT2D eigenvalue weighted by Gasteiger charge is 2.55. The number of amides is 1. The van der Waals surface area contributed by atoms with E-state index in [1.54, 1.807) is 0 Å². The fourth-order valence-electron chi connectivity index (χ4n) is 2.75. The lowest BCUT2D eigenvalue weighted by molar-refractivity contribution is -0.617. The minimum absolute atomic E-state index is 0.342. The number of aldehydes is 1. The maximum Gasteiger partial charge on any atom is 0.363 e. The first-order chi connectivity index (χ1) is 9.96. The van der Waals surface area contributed by atoms with Gasteiger partial charge in [0, 0.05) is 13.7 Å². The fraction of sp³-hybridized carbons (Fsp3) is 0.538. The lowest BCUT2D eigenvalue weighted by Gasteiger charge is -2.32. The zero-order chi connectivity index (χ0) is 15.6. The Bertz CT molecular complexity index is 529. The van der Waals surface area contributed by atoms with E-state index in [0.717, 1.165) is 13.2 Å². The van der Waals surface area contributed by atoms with Gasteiger partial charge in [0.1, 0.15) is 12.0 Å². The molecule has 1 fully saturated rings. The van der Waals surface area contributed by atoms with Crippen molar-refractivity contribution < 1.29 is 24.4 Å². The van der Waals surface area contributed by atoms with Gasteiger partial charge >= 0.3 is 5.72 Å². The highest BCUT2D eigenvalue weighted by atomic mass is 16.7. The molecule has 1 saturated heterocycles. The average Bonchev–Trinajstić information content (AvgIpc) is 2.94. The molecule has 0 radical (unpaired) electrons. The first-order valence-corrected chi connectivity index (χ1v) is 6.51. The Balaban J connectivity index is 2.36. The standard InChI is InChI=1S/C13H16N2O6/c1-21-13(15(19)20)7-10(17)4-5-11(13)12(18)14-6-2-3-9(14)8-16/h4-5,7-9,11,17H,2-3,6H2,1H3/t9-,11?,13?/m0/s1. The number of ether oxygens (including phenoxy) is 1. The van der Waals surface area contributed by atoms with E-state index in [0.29, 0.717) is 25.7 Å². The van der Waals surface area contributed by atoms with Crippen molar-refractivity contribution in [2.45, 2.75) is 24.6 Å². The van der Waals surface area contributed by atoms with Crippen LogP contribution in [0.3, 0.4) is 0 Å². The van der Waals surface area contributed by atoms with Gasteiger partial charge in [-0.2, -0.15) is 0 Å². The summed E-state index contributed by atoms with van der Waals surface area (Å²) in [4.78, 5) is 35.5. The number of likely N-dealkylation sites (tertiary alicyclic amines) is 1. The third-order valence-electron chi connectivity index (χ3n) is 3.88. The van der Waals surface area contributed by atoms with E-state index in [1.165, 1.54) is 17.1 Å². The molecule has 3 atom stereocenters. The third-order valence-corrected chi connectivity index (χ3v) is 3.88. The van der Waals surface area contributed by atoms with Crippen molar-refractivity contribution in [3.63, 3.8) is 0 Å². The molecule has 0 saturated carbocycles. The molecular formula is C13H16N2O6.